The van der Waals surface area contributed by atoms with E-state index in [-0.39, 0.29) is 5.91 Å². The third-order valence-corrected chi connectivity index (χ3v) is 3.88. The molecule has 2 aromatic rings. The number of amides is 3. The van der Waals surface area contributed by atoms with E-state index in [0.29, 0.717) is 23.4 Å². The van der Waals surface area contributed by atoms with Crippen LogP contribution in [-0.4, -0.2) is 11.9 Å². The summed E-state index contributed by atoms with van der Waals surface area (Å²) in [6.45, 7) is 5.23. The highest BCUT2D eigenvalue weighted by Crippen LogP contribution is 2.21. The maximum atomic E-state index is 13.3. The molecule has 0 radical (unpaired) electrons. The van der Waals surface area contributed by atoms with Crippen LogP contribution in [0.2, 0.25) is 0 Å². The van der Waals surface area contributed by atoms with Gasteiger partial charge in [-0.2, -0.15) is 0 Å². The summed E-state index contributed by atoms with van der Waals surface area (Å²) in [5.41, 5.74) is 2.37. The van der Waals surface area contributed by atoms with Gasteiger partial charge in [0, 0.05) is 17.8 Å². The Hall–Kier alpha value is -2.96. The molecule has 138 valence electrons. The number of aryl methyl sites for hydroxylation is 1. The molecule has 5 nitrogen and oxygen atoms in total. The second-order valence-corrected chi connectivity index (χ2v) is 5.93. The van der Waals surface area contributed by atoms with Crippen LogP contribution in [0, 0.1) is 18.6 Å². The standard InChI is InChI=1S/C19H21F2N3O2/c1-4-18(25)23-14-7-5-11(2)17(10-14)24-19(26)22-12(3)13-6-8-15(20)16(21)9-13/h5-10,12H,4H2,1-3H3,(H,23,25)(H2,22,24,26). The molecule has 1 unspecified atom stereocenters. The first-order valence-electron chi connectivity index (χ1n) is 8.23. The second kappa shape index (κ2) is 8.42. The van der Waals surface area contributed by atoms with Gasteiger partial charge in [0.05, 0.1) is 6.04 Å². The van der Waals surface area contributed by atoms with Gasteiger partial charge in [0.2, 0.25) is 5.91 Å². The summed E-state index contributed by atoms with van der Waals surface area (Å²) in [5.74, 6) is -2.03. The summed E-state index contributed by atoms with van der Waals surface area (Å²) >= 11 is 0. The molecule has 0 aliphatic rings. The summed E-state index contributed by atoms with van der Waals surface area (Å²) in [4.78, 5) is 23.7. The predicted octanol–water partition coefficient (Wildman–Crippen LogP) is 4.50. The molecule has 0 saturated carbocycles. The van der Waals surface area contributed by atoms with Gasteiger partial charge in [0.25, 0.3) is 0 Å². The van der Waals surface area contributed by atoms with Crippen molar-refractivity contribution in [2.24, 2.45) is 0 Å². The maximum Gasteiger partial charge on any atom is 0.319 e. The molecule has 0 aromatic heterocycles. The molecule has 0 saturated heterocycles. The van der Waals surface area contributed by atoms with E-state index in [1.54, 1.807) is 32.0 Å². The monoisotopic (exact) mass is 361 g/mol. The molecule has 3 amide bonds. The van der Waals surface area contributed by atoms with E-state index < -0.39 is 23.7 Å². The minimum absolute atomic E-state index is 0.129. The van der Waals surface area contributed by atoms with Crippen LogP contribution in [0.3, 0.4) is 0 Å². The zero-order valence-electron chi connectivity index (χ0n) is 14.8. The van der Waals surface area contributed by atoms with Crippen molar-refractivity contribution in [3.63, 3.8) is 0 Å². The third kappa shape index (κ3) is 5.02. The van der Waals surface area contributed by atoms with E-state index in [4.69, 9.17) is 0 Å². The normalized spacial score (nSPS) is 11.6. The molecule has 7 heteroatoms. The van der Waals surface area contributed by atoms with Gasteiger partial charge in [-0.1, -0.05) is 19.1 Å². The summed E-state index contributed by atoms with van der Waals surface area (Å²) in [6, 6.07) is 7.64. The highest BCUT2D eigenvalue weighted by atomic mass is 19.2. The Kier molecular flexibility index (Phi) is 6.27. The van der Waals surface area contributed by atoms with Crippen LogP contribution in [0.5, 0.6) is 0 Å². The van der Waals surface area contributed by atoms with Crippen molar-refractivity contribution in [1.29, 1.82) is 0 Å². The van der Waals surface area contributed by atoms with Crippen LogP contribution in [-0.2, 0) is 4.79 Å². The number of carbonyl (C=O) groups is 2. The molecule has 26 heavy (non-hydrogen) atoms. The van der Waals surface area contributed by atoms with Gasteiger partial charge < -0.3 is 16.0 Å². The molecule has 0 fully saturated rings. The summed E-state index contributed by atoms with van der Waals surface area (Å²) < 4.78 is 26.3. The lowest BCUT2D eigenvalue weighted by atomic mass is 10.1. The number of benzene rings is 2. The van der Waals surface area contributed by atoms with Crippen molar-refractivity contribution < 1.29 is 18.4 Å². The summed E-state index contributed by atoms with van der Waals surface area (Å²) in [7, 11) is 0. The van der Waals surface area contributed by atoms with Gasteiger partial charge in [-0.25, -0.2) is 13.6 Å². The Balaban J connectivity index is 2.05. The lowest BCUT2D eigenvalue weighted by molar-refractivity contribution is -0.115. The fourth-order valence-corrected chi connectivity index (χ4v) is 2.30. The molecule has 0 spiro atoms. The molecule has 0 aliphatic carbocycles. The van der Waals surface area contributed by atoms with E-state index in [0.717, 1.165) is 17.7 Å². The predicted molar refractivity (Wildman–Crippen MR) is 97.0 cm³/mol. The Labute approximate surface area is 150 Å². The highest BCUT2D eigenvalue weighted by molar-refractivity contribution is 5.94. The lowest BCUT2D eigenvalue weighted by Crippen LogP contribution is -2.31. The number of halogens is 2. The van der Waals surface area contributed by atoms with Crippen molar-refractivity contribution in [3.05, 3.63) is 59.2 Å². The number of nitrogens with one attached hydrogen (secondary N) is 3. The van der Waals surface area contributed by atoms with Crippen molar-refractivity contribution >= 4 is 23.3 Å². The van der Waals surface area contributed by atoms with Crippen LogP contribution in [0.15, 0.2) is 36.4 Å². The van der Waals surface area contributed by atoms with Crippen LogP contribution in [0.1, 0.15) is 37.4 Å². The lowest BCUT2D eigenvalue weighted by Gasteiger charge is -2.17. The van der Waals surface area contributed by atoms with Gasteiger partial charge in [-0.15, -0.1) is 0 Å². The number of rotatable bonds is 5. The SMILES string of the molecule is CCC(=O)Nc1ccc(C)c(NC(=O)NC(C)c2ccc(F)c(F)c2)c1. The van der Waals surface area contributed by atoms with Crippen molar-refractivity contribution in [2.75, 3.05) is 10.6 Å². The van der Waals surface area contributed by atoms with Gasteiger partial charge in [-0.05, 0) is 49.2 Å². The average Bonchev–Trinajstić information content (AvgIpc) is 2.59. The van der Waals surface area contributed by atoms with Crippen LogP contribution < -0.4 is 16.0 Å². The fraction of sp³-hybridized carbons (Fsp3) is 0.263. The number of hydrogen-bond donors (Lipinski definition) is 3. The van der Waals surface area contributed by atoms with Gasteiger partial charge in [0.1, 0.15) is 0 Å². The largest absolute Gasteiger partial charge is 0.331 e. The Morgan fingerprint density at radius 1 is 1.04 bits per heavy atom. The molecular weight excluding hydrogens is 340 g/mol. The van der Waals surface area contributed by atoms with E-state index in [1.807, 2.05) is 6.92 Å². The van der Waals surface area contributed by atoms with Gasteiger partial charge in [0.15, 0.2) is 11.6 Å². The molecular formula is C19H21F2N3O2. The zero-order chi connectivity index (χ0) is 19.3. The second-order valence-electron chi connectivity index (χ2n) is 5.93. The van der Waals surface area contributed by atoms with E-state index in [2.05, 4.69) is 16.0 Å². The Morgan fingerprint density at radius 3 is 2.42 bits per heavy atom. The van der Waals surface area contributed by atoms with Crippen molar-refractivity contribution in [1.82, 2.24) is 5.32 Å². The number of carbonyl (C=O) groups excluding carboxylic acids is 2. The smallest absolute Gasteiger partial charge is 0.319 e. The topological polar surface area (TPSA) is 70.2 Å². The summed E-state index contributed by atoms with van der Waals surface area (Å²) in [6.07, 6.45) is 0.350. The van der Waals surface area contributed by atoms with E-state index in [1.165, 1.54) is 6.07 Å². The minimum Gasteiger partial charge on any atom is -0.331 e. The quantitative estimate of drug-likeness (QED) is 0.734. The number of hydrogen-bond acceptors (Lipinski definition) is 2. The minimum atomic E-state index is -0.966. The molecule has 0 heterocycles. The molecule has 2 rings (SSSR count). The first-order chi connectivity index (χ1) is 12.3. The average molecular weight is 361 g/mol. The summed E-state index contributed by atoms with van der Waals surface area (Å²) in [5, 5.41) is 8.09. The first kappa shape index (κ1) is 19.4. The molecule has 0 aliphatic heterocycles. The maximum absolute atomic E-state index is 13.3. The first-order valence-corrected chi connectivity index (χ1v) is 8.23. The van der Waals surface area contributed by atoms with Crippen LogP contribution >= 0.6 is 0 Å². The van der Waals surface area contributed by atoms with Gasteiger partial charge in [-0.3, -0.25) is 4.79 Å². The molecule has 0 bridgehead atoms. The van der Waals surface area contributed by atoms with Crippen LogP contribution in [0.25, 0.3) is 0 Å². The number of anilines is 2. The highest BCUT2D eigenvalue weighted by Gasteiger charge is 2.13. The zero-order valence-corrected chi connectivity index (χ0v) is 14.8. The number of urea groups is 1. The fourth-order valence-electron chi connectivity index (χ4n) is 2.30. The van der Waals surface area contributed by atoms with Crippen molar-refractivity contribution in [3.8, 4) is 0 Å². The third-order valence-electron chi connectivity index (χ3n) is 3.88. The van der Waals surface area contributed by atoms with Crippen molar-refractivity contribution in [2.45, 2.75) is 33.2 Å². The Bertz CT molecular complexity index is 824. The molecule has 3 N–H and O–H groups in total. The molecule has 2 aromatic carbocycles. The van der Waals surface area contributed by atoms with E-state index in [9.17, 15) is 18.4 Å². The Morgan fingerprint density at radius 2 is 1.77 bits per heavy atom. The molecule has 1 atom stereocenters. The van der Waals surface area contributed by atoms with Crippen LogP contribution in [0.4, 0.5) is 25.0 Å². The van der Waals surface area contributed by atoms with Gasteiger partial charge >= 0.3 is 6.03 Å². The van der Waals surface area contributed by atoms with E-state index >= 15 is 0 Å².